The van der Waals surface area contributed by atoms with E-state index in [0.717, 1.165) is 24.4 Å². The van der Waals surface area contributed by atoms with Crippen molar-refractivity contribution in [3.8, 4) is 11.3 Å². The van der Waals surface area contributed by atoms with Crippen LogP contribution >= 0.6 is 0 Å². The minimum atomic E-state index is -0.197. The molecule has 168 valence electrons. The van der Waals surface area contributed by atoms with Crippen LogP contribution < -0.4 is 11.0 Å². The lowest BCUT2D eigenvalue weighted by Crippen LogP contribution is -2.36. The Kier molecular flexibility index (Phi) is 6.45. The van der Waals surface area contributed by atoms with Crippen LogP contribution in [0.1, 0.15) is 34.8 Å². The van der Waals surface area contributed by atoms with Gasteiger partial charge in [0.15, 0.2) is 0 Å². The maximum absolute atomic E-state index is 13.1. The van der Waals surface area contributed by atoms with E-state index in [-0.39, 0.29) is 17.6 Å². The standard InChI is InChI=1S/C23H29N7O2/c1-16-24-15-19(21(25-16)17-7-5-4-6-8-17)22(31)26-18-9-10-20-27-30(14-13-28(2)3)23(32)29(20)12-11-18/h4-8,15,18H,9-14H2,1-3H3,(H,26,31). The molecule has 1 amide bonds. The molecule has 0 saturated heterocycles. The Balaban J connectivity index is 1.47. The fourth-order valence-electron chi connectivity index (χ4n) is 3.93. The topological polar surface area (TPSA) is 97.9 Å². The van der Waals surface area contributed by atoms with Gasteiger partial charge in [0.05, 0.1) is 17.8 Å². The fraction of sp³-hybridized carbons (Fsp3) is 0.435. The second-order valence-corrected chi connectivity index (χ2v) is 8.42. The summed E-state index contributed by atoms with van der Waals surface area (Å²) >= 11 is 0. The Labute approximate surface area is 187 Å². The molecule has 1 N–H and O–H groups in total. The summed E-state index contributed by atoms with van der Waals surface area (Å²) in [6, 6.07) is 9.60. The van der Waals surface area contributed by atoms with Gasteiger partial charge in [-0.1, -0.05) is 30.3 Å². The number of aryl methyl sites for hydroxylation is 2. The number of nitrogens with zero attached hydrogens (tertiary/aromatic N) is 6. The Morgan fingerprint density at radius 3 is 2.75 bits per heavy atom. The maximum atomic E-state index is 13.1. The van der Waals surface area contributed by atoms with Gasteiger partial charge in [0.25, 0.3) is 5.91 Å². The van der Waals surface area contributed by atoms with Crippen LogP contribution in [0.25, 0.3) is 11.3 Å². The van der Waals surface area contributed by atoms with E-state index in [1.807, 2.05) is 56.3 Å². The molecule has 0 spiro atoms. The largest absolute Gasteiger partial charge is 0.349 e. The number of aromatic nitrogens is 5. The molecular formula is C23H29N7O2. The van der Waals surface area contributed by atoms with Gasteiger partial charge in [-0.3, -0.25) is 9.36 Å². The van der Waals surface area contributed by atoms with E-state index in [1.165, 1.54) is 0 Å². The zero-order valence-electron chi connectivity index (χ0n) is 18.8. The van der Waals surface area contributed by atoms with Crippen LogP contribution in [0.2, 0.25) is 0 Å². The normalized spacial score (nSPS) is 15.9. The first-order chi connectivity index (χ1) is 15.4. The van der Waals surface area contributed by atoms with Crippen LogP contribution in [0.5, 0.6) is 0 Å². The highest BCUT2D eigenvalue weighted by Crippen LogP contribution is 2.21. The van der Waals surface area contributed by atoms with Crippen LogP contribution in [-0.2, 0) is 19.5 Å². The maximum Gasteiger partial charge on any atom is 0.345 e. The molecule has 1 aliphatic heterocycles. The second kappa shape index (κ2) is 9.44. The molecule has 0 aliphatic carbocycles. The average molecular weight is 436 g/mol. The van der Waals surface area contributed by atoms with E-state index in [2.05, 4.69) is 20.4 Å². The predicted octanol–water partition coefficient (Wildman–Crippen LogP) is 1.51. The highest BCUT2D eigenvalue weighted by Gasteiger charge is 2.24. The molecule has 1 aromatic carbocycles. The third-order valence-electron chi connectivity index (χ3n) is 5.71. The predicted molar refractivity (Wildman–Crippen MR) is 121 cm³/mol. The van der Waals surface area contributed by atoms with Crippen LogP contribution in [0.4, 0.5) is 0 Å². The summed E-state index contributed by atoms with van der Waals surface area (Å²) < 4.78 is 3.29. The van der Waals surface area contributed by atoms with E-state index in [4.69, 9.17) is 0 Å². The number of hydrogen-bond acceptors (Lipinski definition) is 6. The number of carbonyl (C=O) groups is 1. The SMILES string of the molecule is Cc1ncc(C(=O)NC2CCc3nn(CCN(C)C)c(=O)n3CC2)c(-c2ccccc2)n1. The summed E-state index contributed by atoms with van der Waals surface area (Å²) in [6.45, 7) is 3.68. The number of amides is 1. The van der Waals surface area contributed by atoms with Crippen molar-refractivity contribution in [2.75, 3.05) is 20.6 Å². The molecule has 1 aliphatic rings. The zero-order chi connectivity index (χ0) is 22.7. The smallest absolute Gasteiger partial charge is 0.345 e. The molecule has 3 aromatic rings. The van der Waals surface area contributed by atoms with Crippen molar-refractivity contribution in [3.63, 3.8) is 0 Å². The molecule has 9 heteroatoms. The summed E-state index contributed by atoms with van der Waals surface area (Å²) in [7, 11) is 3.95. The summed E-state index contributed by atoms with van der Waals surface area (Å²) in [5.74, 6) is 1.21. The molecule has 32 heavy (non-hydrogen) atoms. The fourth-order valence-corrected chi connectivity index (χ4v) is 3.93. The molecule has 0 radical (unpaired) electrons. The van der Waals surface area contributed by atoms with E-state index in [0.29, 0.717) is 43.0 Å². The van der Waals surface area contributed by atoms with E-state index < -0.39 is 0 Å². The Morgan fingerprint density at radius 2 is 2.00 bits per heavy atom. The Morgan fingerprint density at radius 1 is 1.22 bits per heavy atom. The average Bonchev–Trinajstić information content (AvgIpc) is 2.94. The number of rotatable bonds is 6. The molecule has 3 heterocycles. The Hall–Kier alpha value is -3.33. The van der Waals surface area contributed by atoms with Crippen molar-refractivity contribution >= 4 is 5.91 Å². The van der Waals surface area contributed by atoms with Gasteiger partial charge in [-0.2, -0.15) is 5.10 Å². The summed E-state index contributed by atoms with van der Waals surface area (Å²) in [5.41, 5.74) is 1.88. The lowest BCUT2D eigenvalue weighted by molar-refractivity contribution is 0.0933. The summed E-state index contributed by atoms with van der Waals surface area (Å²) in [5, 5.41) is 7.65. The molecule has 9 nitrogen and oxygen atoms in total. The van der Waals surface area contributed by atoms with Gasteiger partial charge < -0.3 is 10.2 Å². The van der Waals surface area contributed by atoms with Crippen molar-refractivity contribution in [2.45, 2.75) is 45.3 Å². The van der Waals surface area contributed by atoms with Crippen molar-refractivity contribution in [1.29, 1.82) is 0 Å². The first-order valence-electron chi connectivity index (χ1n) is 10.9. The van der Waals surface area contributed by atoms with E-state index in [1.54, 1.807) is 15.4 Å². The number of benzene rings is 1. The number of likely N-dealkylation sites (N-methyl/N-ethyl adjacent to an activating group) is 1. The number of fused-ring (bicyclic) bond motifs is 1. The van der Waals surface area contributed by atoms with Crippen molar-refractivity contribution < 1.29 is 4.79 Å². The van der Waals surface area contributed by atoms with Gasteiger partial charge >= 0.3 is 5.69 Å². The first kappa shape index (κ1) is 21.9. The lowest BCUT2D eigenvalue weighted by Gasteiger charge is -2.17. The summed E-state index contributed by atoms with van der Waals surface area (Å²) in [6.07, 6.45) is 3.63. The highest BCUT2D eigenvalue weighted by molar-refractivity contribution is 5.99. The lowest BCUT2D eigenvalue weighted by atomic mass is 10.0. The van der Waals surface area contributed by atoms with Crippen LogP contribution in [0.3, 0.4) is 0 Å². The van der Waals surface area contributed by atoms with E-state index >= 15 is 0 Å². The Bertz CT molecular complexity index is 1150. The van der Waals surface area contributed by atoms with Gasteiger partial charge in [-0.25, -0.2) is 19.4 Å². The highest BCUT2D eigenvalue weighted by atomic mass is 16.2. The van der Waals surface area contributed by atoms with Gasteiger partial charge in [0.2, 0.25) is 0 Å². The molecule has 2 aromatic heterocycles. The van der Waals surface area contributed by atoms with Crippen LogP contribution in [-0.4, -0.2) is 61.8 Å². The zero-order valence-corrected chi connectivity index (χ0v) is 18.8. The molecule has 1 atom stereocenters. The van der Waals surface area contributed by atoms with Gasteiger partial charge in [-0.05, 0) is 33.9 Å². The number of nitrogens with one attached hydrogen (secondary N) is 1. The number of hydrogen-bond donors (Lipinski definition) is 1. The van der Waals surface area contributed by atoms with Crippen molar-refractivity contribution in [2.24, 2.45) is 0 Å². The third kappa shape index (κ3) is 4.77. The minimum absolute atomic E-state index is 0.0521. The molecule has 0 fully saturated rings. The van der Waals surface area contributed by atoms with Gasteiger partial charge in [-0.15, -0.1) is 0 Å². The summed E-state index contributed by atoms with van der Waals surface area (Å²) in [4.78, 5) is 36.6. The van der Waals surface area contributed by atoms with Crippen molar-refractivity contribution in [3.05, 3.63) is 64.2 Å². The first-order valence-corrected chi connectivity index (χ1v) is 10.9. The minimum Gasteiger partial charge on any atom is -0.349 e. The van der Waals surface area contributed by atoms with Gasteiger partial charge in [0.1, 0.15) is 11.6 Å². The monoisotopic (exact) mass is 435 g/mol. The second-order valence-electron chi connectivity index (χ2n) is 8.42. The van der Waals surface area contributed by atoms with Crippen molar-refractivity contribution in [1.82, 2.24) is 34.5 Å². The van der Waals surface area contributed by atoms with Gasteiger partial charge in [0, 0.05) is 37.3 Å². The quantitative estimate of drug-likeness (QED) is 0.630. The van der Waals surface area contributed by atoms with E-state index in [9.17, 15) is 9.59 Å². The third-order valence-corrected chi connectivity index (χ3v) is 5.71. The molecule has 1 unspecified atom stereocenters. The number of carbonyl (C=O) groups excluding carboxylic acids is 1. The molecular weight excluding hydrogens is 406 g/mol. The molecule has 0 bridgehead atoms. The van der Waals surface area contributed by atoms with Crippen LogP contribution in [0, 0.1) is 6.92 Å². The molecule has 0 saturated carbocycles. The van der Waals surface area contributed by atoms with Crippen LogP contribution in [0.15, 0.2) is 41.3 Å². The molecule has 4 rings (SSSR count).